The number of hydrogen-bond acceptors (Lipinski definition) is 5. The second-order valence-electron chi connectivity index (χ2n) is 7.30. The summed E-state index contributed by atoms with van der Waals surface area (Å²) in [5.74, 6) is 2.20. The Morgan fingerprint density at radius 2 is 2.00 bits per heavy atom. The molecule has 3 rings (SSSR count). The number of guanidine groups is 1. The average molecular weight is 540 g/mol. The van der Waals surface area contributed by atoms with Crippen molar-refractivity contribution >= 4 is 35.6 Å². The normalized spacial score (nSPS) is 14.1. The largest absolute Gasteiger partial charge is 0.493 e. The molecule has 2 N–H and O–H groups in total. The minimum atomic E-state index is 0. The minimum Gasteiger partial charge on any atom is -0.493 e. The maximum absolute atomic E-state index is 5.92. The van der Waals surface area contributed by atoms with E-state index in [-0.39, 0.29) is 24.0 Å². The Bertz CT molecular complexity index is 796. The highest BCUT2D eigenvalue weighted by atomic mass is 127. The standard InChI is InChI=1S/C23H32N4O3.HI/c1-24-23(27-19-7-5-10-21(15-19)29-14-6-13-28-2)26-17-18-11-12-22(25-16-18)30-20-8-3-4-9-20;/h5,7,10-12,15-16,20H,3-4,6,8-9,13-14,17H2,1-2H3,(H2,24,26,27);1H. The van der Waals surface area contributed by atoms with E-state index in [1.807, 2.05) is 42.6 Å². The Labute approximate surface area is 202 Å². The molecule has 1 aliphatic rings. The molecule has 0 saturated heterocycles. The molecule has 8 heteroatoms. The van der Waals surface area contributed by atoms with Gasteiger partial charge in [0.2, 0.25) is 5.88 Å². The number of benzene rings is 1. The van der Waals surface area contributed by atoms with Crippen LogP contribution in [0.4, 0.5) is 5.69 Å². The fraction of sp³-hybridized carbons (Fsp3) is 0.478. The molecule has 1 heterocycles. The highest BCUT2D eigenvalue weighted by Gasteiger charge is 2.16. The van der Waals surface area contributed by atoms with E-state index in [0.717, 1.165) is 36.3 Å². The van der Waals surface area contributed by atoms with E-state index in [1.54, 1.807) is 14.2 Å². The number of methoxy groups -OCH3 is 1. The van der Waals surface area contributed by atoms with Crippen LogP contribution in [0.25, 0.3) is 0 Å². The molecule has 0 radical (unpaired) electrons. The molecule has 1 aromatic heterocycles. The van der Waals surface area contributed by atoms with Crippen LogP contribution >= 0.6 is 24.0 Å². The van der Waals surface area contributed by atoms with Gasteiger partial charge in [0.25, 0.3) is 0 Å². The summed E-state index contributed by atoms with van der Waals surface area (Å²) in [6.45, 7) is 1.93. The lowest BCUT2D eigenvalue weighted by molar-refractivity contribution is 0.172. The summed E-state index contributed by atoms with van der Waals surface area (Å²) in [6, 6.07) is 11.8. The van der Waals surface area contributed by atoms with E-state index in [0.29, 0.717) is 37.7 Å². The van der Waals surface area contributed by atoms with Gasteiger partial charge in [-0.3, -0.25) is 4.99 Å². The molecule has 2 aromatic rings. The van der Waals surface area contributed by atoms with E-state index in [2.05, 4.69) is 20.6 Å². The Morgan fingerprint density at radius 1 is 1.16 bits per heavy atom. The Morgan fingerprint density at radius 3 is 2.71 bits per heavy atom. The van der Waals surface area contributed by atoms with Gasteiger partial charge in [0.05, 0.1) is 6.61 Å². The summed E-state index contributed by atoms with van der Waals surface area (Å²) in [6.07, 6.45) is 7.79. The molecule has 1 saturated carbocycles. The smallest absolute Gasteiger partial charge is 0.213 e. The number of anilines is 1. The van der Waals surface area contributed by atoms with Crippen LogP contribution in [0.5, 0.6) is 11.6 Å². The Kier molecular flexibility index (Phi) is 11.4. The second kappa shape index (κ2) is 14.1. The van der Waals surface area contributed by atoms with Gasteiger partial charge in [-0.1, -0.05) is 12.1 Å². The van der Waals surface area contributed by atoms with Crippen LogP contribution in [0.2, 0.25) is 0 Å². The first-order chi connectivity index (χ1) is 14.8. The van der Waals surface area contributed by atoms with E-state index in [1.165, 1.54) is 12.8 Å². The highest BCUT2D eigenvalue weighted by molar-refractivity contribution is 14.0. The van der Waals surface area contributed by atoms with Crippen molar-refractivity contribution in [3.63, 3.8) is 0 Å². The first-order valence-electron chi connectivity index (χ1n) is 10.6. The molecule has 1 aliphatic carbocycles. The van der Waals surface area contributed by atoms with Crippen LogP contribution in [0.15, 0.2) is 47.6 Å². The van der Waals surface area contributed by atoms with Crippen molar-refractivity contribution in [2.24, 2.45) is 4.99 Å². The van der Waals surface area contributed by atoms with E-state index < -0.39 is 0 Å². The van der Waals surface area contributed by atoms with Gasteiger partial charge in [-0.2, -0.15) is 0 Å². The maximum Gasteiger partial charge on any atom is 0.213 e. The number of aromatic nitrogens is 1. The van der Waals surface area contributed by atoms with Gasteiger partial charge in [-0.05, 0) is 43.4 Å². The predicted octanol–water partition coefficient (Wildman–Crippen LogP) is 4.62. The lowest BCUT2D eigenvalue weighted by atomic mass is 10.3. The van der Waals surface area contributed by atoms with Crippen molar-refractivity contribution in [2.75, 3.05) is 32.7 Å². The van der Waals surface area contributed by atoms with Crippen LogP contribution in [0.3, 0.4) is 0 Å². The molecule has 31 heavy (non-hydrogen) atoms. The van der Waals surface area contributed by atoms with Gasteiger partial charge >= 0.3 is 0 Å². The summed E-state index contributed by atoms with van der Waals surface area (Å²) in [4.78, 5) is 8.73. The average Bonchev–Trinajstić information content (AvgIpc) is 3.28. The van der Waals surface area contributed by atoms with Gasteiger partial charge < -0.3 is 24.8 Å². The first-order valence-corrected chi connectivity index (χ1v) is 10.6. The maximum atomic E-state index is 5.92. The van der Waals surface area contributed by atoms with Crippen molar-refractivity contribution < 1.29 is 14.2 Å². The quantitative estimate of drug-likeness (QED) is 0.198. The van der Waals surface area contributed by atoms with Gasteiger partial charge in [-0.15, -0.1) is 24.0 Å². The number of rotatable bonds is 10. The summed E-state index contributed by atoms with van der Waals surface area (Å²) in [5.41, 5.74) is 1.97. The molecule has 7 nitrogen and oxygen atoms in total. The van der Waals surface area contributed by atoms with Crippen molar-refractivity contribution in [1.29, 1.82) is 0 Å². The molecule has 0 atom stereocenters. The third-order valence-corrected chi connectivity index (χ3v) is 4.93. The fourth-order valence-corrected chi connectivity index (χ4v) is 3.32. The van der Waals surface area contributed by atoms with E-state index in [9.17, 15) is 0 Å². The fourth-order valence-electron chi connectivity index (χ4n) is 3.32. The number of ether oxygens (including phenoxy) is 3. The zero-order chi connectivity index (χ0) is 21.0. The van der Waals surface area contributed by atoms with Gasteiger partial charge in [-0.25, -0.2) is 4.98 Å². The number of pyridine rings is 1. The summed E-state index contributed by atoms with van der Waals surface area (Å²) in [7, 11) is 3.44. The third kappa shape index (κ3) is 8.90. The predicted molar refractivity (Wildman–Crippen MR) is 135 cm³/mol. The number of nitrogens with zero attached hydrogens (tertiary/aromatic N) is 2. The topological polar surface area (TPSA) is 77.0 Å². The number of aliphatic imine (C=N–C) groups is 1. The van der Waals surface area contributed by atoms with Gasteiger partial charge in [0, 0.05) is 57.7 Å². The molecule has 1 fully saturated rings. The highest BCUT2D eigenvalue weighted by Crippen LogP contribution is 2.23. The van der Waals surface area contributed by atoms with E-state index >= 15 is 0 Å². The van der Waals surface area contributed by atoms with Crippen LogP contribution < -0.4 is 20.1 Å². The minimum absolute atomic E-state index is 0. The molecule has 0 spiro atoms. The molecule has 0 unspecified atom stereocenters. The van der Waals surface area contributed by atoms with Gasteiger partial charge in [0.15, 0.2) is 5.96 Å². The molecular formula is C23H33IN4O3. The zero-order valence-corrected chi connectivity index (χ0v) is 20.6. The lowest BCUT2D eigenvalue weighted by Crippen LogP contribution is -2.30. The lowest BCUT2D eigenvalue weighted by Gasteiger charge is -2.14. The number of hydrogen-bond donors (Lipinski definition) is 2. The van der Waals surface area contributed by atoms with Crippen LogP contribution in [0, 0.1) is 0 Å². The van der Waals surface area contributed by atoms with Crippen LogP contribution in [0.1, 0.15) is 37.7 Å². The Balaban J connectivity index is 0.00000341. The number of halogens is 1. The summed E-state index contributed by atoms with van der Waals surface area (Å²) < 4.78 is 16.7. The van der Waals surface area contributed by atoms with Crippen LogP contribution in [-0.4, -0.2) is 44.4 Å². The monoisotopic (exact) mass is 540 g/mol. The van der Waals surface area contributed by atoms with Crippen LogP contribution in [-0.2, 0) is 11.3 Å². The summed E-state index contributed by atoms with van der Waals surface area (Å²) in [5, 5.41) is 6.60. The molecular weight excluding hydrogens is 507 g/mol. The van der Waals surface area contributed by atoms with Crippen molar-refractivity contribution in [3.05, 3.63) is 48.2 Å². The van der Waals surface area contributed by atoms with E-state index in [4.69, 9.17) is 14.2 Å². The zero-order valence-electron chi connectivity index (χ0n) is 18.3. The Hall–Kier alpha value is -2.07. The first kappa shape index (κ1) is 25.2. The summed E-state index contributed by atoms with van der Waals surface area (Å²) >= 11 is 0. The molecule has 0 aliphatic heterocycles. The third-order valence-electron chi connectivity index (χ3n) is 4.93. The molecule has 1 aromatic carbocycles. The number of nitrogens with one attached hydrogen (secondary N) is 2. The molecule has 170 valence electrons. The SMILES string of the molecule is CN=C(NCc1ccc(OC2CCCC2)nc1)Nc1cccc(OCCCOC)c1.I. The van der Waals surface area contributed by atoms with Crippen molar-refractivity contribution in [3.8, 4) is 11.6 Å². The molecule has 0 amide bonds. The second-order valence-corrected chi connectivity index (χ2v) is 7.30. The van der Waals surface area contributed by atoms with Gasteiger partial charge in [0.1, 0.15) is 11.9 Å². The van der Waals surface area contributed by atoms with Crippen molar-refractivity contribution in [2.45, 2.75) is 44.8 Å². The van der Waals surface area contributed by atoms with Crippen molar-refractivity contribution in [1.82, 2.24) is 10.3 Å². The molecule has 0 bridgehead atoms.